The Morgan fingerprint density at radius 1 is 1.35 bits per heavy atom. The van der Waals surface area contributed by atoms with Gasteiger partial charge < -0.3 is 5.73 Å². The molecule has 0 bridgehead atoms. The van der Waals surface area contributed by atoms with Crippen LogP contribution in [0.3, 0.4) is 0 Å². The fourth-order valence-electron chi connectivity index (χ4n) is 2.64. The fourth-order valence-corrected chi connectivity index (χ4v) is 2.64. The van der Waals surface area contributed by atoms with Crippen molar-refractivity contribution < 1.29 is 4.79 Å². The normalized spacial score (nSPS) is 12.6. The molecule has 0 amide bonds. The predicted molar refractivity (Wildman–Crippen MR) is 82.6 cm³/mol. The van der Waals surface area contributed by atoms with E-state index in [1.165, 1.54) is 12.8 Å². The van der Waals surface area contributed by atoms with Crippen molar-refractivity contribution in [2.24, 2.45) is 18.7 Å². The molecule has 1 unspecified atom stereocenters. The Morgan fingerprint density at radius 3 is 2.65 bits per heavy atom. The van der Waals surface area contributed by atoms with Gasteiger partial charge in [0.2, 0.25) is 0 Å². The SMILES string of the molecule is CCCC(CCN)CCC(=O)Cc1cc(CC)nn1C. The van der Waals surface area contributed by atoms with Crippen molar-refractivity contribution in [3.8, 4) is 0 Å². The lowest BCUT2D eigenvalue weighted by atomic mass is 9.93. The third-order valence-corrected chi connectivity index (χ3v) is 3.87. The molecule has 0 radical (unpaired) electrons. The molecule has 0 fully saturated rings. The van der Waals surface area contributed by atoms with Gasteiger partial charge in [-0.15, -0.1) is 0 Å². The van der Waals surface area contributed by atoms with Crippen molar-refractivity contribution in [2.75, 3.05) is 6.54 Å². The summed E-state index contributed by atoms with van der Waals surface area (Å²) in [6, 6.07) is 2.04. The second-order valence-corrected chi connectivity index (χ2v) is 5.59. The number of Topliss-reactive ketones (excluding diaryl/α,β-unsaturated/α-hetero) is 1. The van der Waals surface area contributed by atoms with Crippen LogP contribution in [0.1, 0.15) is 57.3 Å². The predicted octanol–water partition coefficient (Wildman–Crippen LogP) is 2.64. The molecular weight excluding hydrogens is 250 g/mol. The van der Waals surface area contributed by atoms with Gasteiger partial charge in [-0.05, 0) is 37.8 Å². The molecule has 1 aromatic heterocycles. The van der Waals surface area contributed by atoms with Crippen LogP contribution >= 0.6 is 0 Å². The molecule has 0 aromatic carbocycles. The van der Waals surface area contributed by atoms with Crippen molar-refractivity contribution in [3.63, 3.8) is 0 Å². The smallest absolute Gasteiger partial charge is 0.138 e. The molecule has 0 spiro atoms. The highest BCUT2D eigenvalue weighted by Crippen LogP contribution is 2.18. The number of carbonyl (C=O) groups excluding carboxylic acids is 1. The highest BCUT2D eigenvalue weighted by atomic mass is 16.1. The number of hydrogen-bond acceptors (Lipinski definition) is 3. The number of aryl methyl sites for hydroxylation is 2. The molecule has 1 atom stereocenters. The first-order valence-electron chi connectivity index (χ1n) is 7.84. The number of nitrogens with zero attached hydrogens (tertiary/aromatic N) is 2. The molecule has 0 aliphatic rings. The van der Waals surface area contributed by atoms with Gasteiger partial charge in [0, 0.05) is 25.6 Å². The standard InChI is InChI=1S/C16H29N3O/c1-4-6-13(9-10-17)7-8-16(20)12-15-11-14(5-2)18-19(15)3/h11,13H,4-10,12,17H2,1-3H3. The van der Waals surface area contributed by atoms with E-state index in [0.717, 1.165) is 37.2 Å². The zero-order chi connectivity index (χ0) is 15.0. The largest absolute Gasteiger partial charge is 0.330 e. The summed E-state index contributed by atoms with van der Waals surface area (Å²) in [5.74, 6) is 0.917. The summed E-state index contributed by atoms with van der Waals surface area (Å²) < 4.78 is 1.83. The molecule has 0 aliphatic carbocycles. The number of nitrogens with two attached hydrogens (primary N) is 1. The second kappa shape index (κ2) is 8.90. The van der Waals surface area contributed by atoms with Gasteiger partial charge >= 0.3 is 0 Å². The molecule has 0 aliphatic heterocycles. The maximum atomic E-state index is 12.1. The van der Waals surface area contributed by atoms with Gasteiger partial charge in [0.1, 0.15) is 5.78 Å². The molecule has 1 aromatic rings. The quantitative estimate of drug-likeness (QED) is 0.716. The van der Waals surface area contributed by atoms with E-state index in [-0.39, 0.29) is 0 Å². The van der Waals surface area contributed by atoms with Crippen molar-refractivity contribution in [3.05, 3.63) is 17.5 Å². The van der Waals surface area contributed by atoms with Crippen LogP contribution in [0.2, 0.25) is 0 Å². The minimum absolute atomic E-state index is 0.314. The van der Waals surface area contributed by atoms with Gasteiger partial charge in [-0.1, -0.05) is 26.7 Å². The van der Waals surface area contributed by atoms with E-state index in [1.54, 1.807) is 0 Å². The zero-order valence-corrected chi connectivity index (χ0v) is 13.2. The van der Waals surface area contributed by atoms with Crippen LogP contribution in [0.4, 0.5) is 0 Å². The van der Waals surface area contributed by atoms with Crippen LogP contribution in [-0.4, -0.2) is 22.1 Å². The van der Waals surface area contributed by atoms with E-state index < -0.39 is 0 Å². The number of rotatable bonds is 10. The molecule has 114 valence electrons. The lowest BCUT2D eigenvalue weighted by Gasteiger charge is -2.14. The van der Waals surface area contributed by atoms with Crippen LogP contribution in [0.25, 0.3) is 0 Å². The molecule has 4 heteroatoms. The van der Waals surface area contributed by atoms with Crippen molar-refractivity contribution >= 4 is 5.78 Å². The molecule has 4 nitrogen and oxygen atoms in total. The van der Waals surface area contributed by atoms with E-state index in [0.29, 0.717) is 24.5 Å². The van der Waals surface area contributed by atoms with Crippen molar-refractivity contribution in [1.29, 1.82) is 0 Å². The van der Waals surface area contributed by atoms with Crippen molar-refractivity contribution in [2.45, 2.75) is 58.8 Å². The number of carbonyl (C=O) groups is 1. The van der Waals surface area contributed by atoms with Gasteiger partial charge in [-0.3, -0.25) is 9.48 Å². The van der Waals surface area contributed by atoms with E-state index >= 15 is 0 Å². The average molecular weight is 279 g/mol. The Kier molecular flexibility index (Phi) is 7.52. The lowest BCUT2D eigenvalue weighted by molar-refractivity contribution is -0.118. The topological polar surface area (TPSA) is 60.9 Å². The summed E-state index contributed by atoms with van der Waals surface area (Å²) in [6.45, 7) is 4.99. The minimum atomic E-state index is 0.314. The first-order chi connectivity index (χ1) is 9.60. The highest BCUT2D eigenvalue weighted by Gasteiger charge is 2.13. The summed E-state index contributed by atoms with van der Waals surface area (Å²) in [4.78, 5) is 12.1. The average Bonchev–Trinajstić information content (AvgIpc) is 2.77. The third kappa shape index (κ3) is 5.45. The third-order valence-electron chi connectivity index (χ3n) is 3.87. The van der Waals surface area contributed by atoms with E-state index in [1.807, 2.05) is 17.8 Å². The molecule has 20 heavy (non-hydrogen) atoms. The summed E-state index contributed by atoms with van der Waals surface area (Å²) in [5, 5.41) is 4.38. The zero-order valence-electron chi connectivity index (χ0n) is 13.2. The maximum absolute atomic E-state index is 12.1. The molecular formula is C16H29N3O. The summed E-state index contributed by atoms with van der Waals surface area (Å²) >= 11 is 0. The van der Waals surface area contributed by atoms with Crippen LogP contribution < -0.4 is 5.73 Å². The Balaban J connectivity index is 2.44. The molecule has 0 saturated heterocycles. The van der Waals surface area contributed by atoms with Crippen LogP contribution in [-0.2, 0) is 24.7 Å². The summed E-state index contributed by atoms with van der Waals surface area (Å²) in [6.07, 6.45) is 6.44. The van der Waals surface area contributed by atoms with Gasteiger partial charge in [0.05, 0.1) is 5.69 Å². The fraction of sp³-hybridized carbons (Fsp3) is 0.750. The first kappa shape index (κ1) is 16.9. The van der Waals surface area contributed by atoms with Crippen LogP contribution in [0, 0.1) is 5.92 Å². The molecule has 1 heterocycles. The van der Waals surface area contributed by atoms with Crippen LogP contribution in [0.5, 0.6) is 0 Å². The second-order valence-electron chi connectivity index (χ2n) is 5.59. The number of aromatic nitrogens is 2. The van der Waals surface area contributed by atoms with E-state index in [2.05, 4.69) is 18.9 Å². The van der Waals surface area contributed by atoms with Crippen molar-refractivity contribution in [1.82, 2.24) is 9.78 Å². The van der Waals surface area contributed by atoms with E-state index in [4.69, 9.17) is 5.73 Å². The molecule has 0 saturated carbocycles. The summed E-state index contributed by atoms with van der Waals surface area (Å²) in [5.41, 5.74) is 7.71. The molecule has 1 rings (SSSR count). The summed E-state index contributed by atoms with van der Waals surface area (Å²) in [7, 11) is 1.91. The van der Waals surface area contributed by atoms with Gasteiger partial charge in [0.25, 0.3) is 0 Å². The first-order valence-corrected chi connectivity index (χ1v) is 7.84. The van der Waals surface area contributed by atoms with Gasteiger partial charge in [0.15, 0.2) is 0 Å². The Labute approximate surface area is 122 Å². The molecule has 2 N–H and O–H groups in total. The van der Waals surface area contributed by atoms with Gasteiger partial charge in [-0.25, -0.2) is 0 Å². The van der Waals surface area contributed by atoms with Gasteiger partial charge in [-0.2, -0.15) is 5.10 Å². The highest BCUT2D eigenvalue weighted by molar-refractivity contribution is 5.80. The number of ketones is 1. The number of hydrogen-bond donors (Lipinski definition) is 1. The van der Waals surface area contributed by atoms with E-state index in [9.17, 15) is 4.79 Å². The monoisotopic (exact) mass is 279 g/mol. The Bertz CT molecular complexity index is 406. The Hall–Kier alpha value is -1.16. The Morgan fingerprint density at radius 2 is 2.10 bits per heavy atom. The van der Waals surface area contributed by atoms with Crippen LogP contribution in [0.15, 0.2) is 6.07 Å². The minimum Gasteiger partial charge on any atom is -0.330 e. The maximum Gasteiger partial charge on any atom is 0.138 e. The lowest BCUT2D eigenvalue weighted by Crippen LogP contribution is -2.12.